The third-order valence-corrected chi connectivity index (χ3v) is 2.30. The van der Waals surface area contributed by atoms with Crippen molar-refractivity contribution in [2.24, 2.45) is 0 Å². The molecule has 96 valence electrons. The van der Waals surface area contributed by atoms with E-state index in [1.54, 1.807) is 6.33 Å². The third kappa shape index (κ3) is 5.60. The minimum atomic E-state index is 0.718. The maximum absolute atomic E-state index is 5.39. The molecule has 5 nitrogen and oxygen atoms in total. The molecule has 1 aromatic heterocycles. The van der Waals surface area contributed by atoms with Crippen LogP contribution in [0.15, 0.2) is 19.0 Å². The number of ether oxygens (including phenoxy) is 1. The molecular weight excluding hydrogens is 216 g/mol. The van der Waals surface area contributed by atoms with Gasteiger partial charge in [-0.3, -0.25) is 0 Å². The van der Waals surface area contributed by atoms with E-state index in [-0.39, 0.29) is 0 Å². The van der Waals surface area contributed by atoms with Crippen molar-refractivity contribution in [3.63, 3.8) is 0 Å². The molecule has 0 aliphatic heterocycles. The minimum absolute atomic E-state index is 0.718. The monoisotopic (exact) mass is 238 g/mol. The predicted octanol–water partition coefficient (Wildman–Crippen LogP) is 1.37. The molecule has 0 aliphatic carbocycles. The minimum Gasteiger partial charge on any atom is -0.380 e. The van der Waals surface area contributed by atoms with E-state index >= 15 is 0 Å². The normalized spacial score (nSPS) is 10.6. The zero-order valence-corrected chi connectivity index (χ0v) is 10.6. The van der Waals surface area contributed by atoms with Crippen LogP contribution in [0, 0.1) is 0 Å². The molecule has 1 heterocycles. The van der Waals surface area contributed by atoms with Gasteiger partial charge in [0.2, 0.25) is 0 Å². The highest BCUT2D eigenvalue weighted by molar-refractivity contribution is 4.83. The Morgan fingerprint density at radius 2 is 2.41 bits per heavy atom. The molecule has 0 saturated carbocycles. The van der Waals surface area contributed by atoms with Crippen LogP contribution in [0.3, 0.4) is 0 Å². The lowest BCUT2D eigenvalue weighted by Crippen LogP contribution is -2.22. The first-order valence-electron chi connectivity index (χ1n) is 6.14. The smallest absolute Gasteiger partial charge is 0.140 e. The van der Waals surface area contributed by atoms with E-state index in [2.05, 4.69) is 28.9 Å². The van der Waals surface area contributed by atoms with Crippen LogP contribution in [0.4, 0.5) is 0 Å². The van der Waals surface area contributed by atoms with Gasteiger partial charge in [-0.1, -0.05) is 13.0 Å². The Morgan fingerprint density at radius 3 is 3.18 bits per heavy atom. The fraction of sp³-hybridized carbons (Fsp3) is 0.667. The van der Waals surface area contributed by atoms with Crippen molar-refractivity contribution in [3.05, 3.63) is 24.8 Å². The van der Waals surface area contributed by atoms with Gasteiger partial charge in [-0.15, -0.1) is 6.58 Å². The van der Waals surface area contributed by atoms with Crippen LogP contribution < -0.4 is 5.32 Å². The molecule has 0 unspecified atom stereocenters. The van der Waals surface area contributed by atoms with E-state index in [0.29, 0.717) is 0 Å². The number of hydrogen-bond donors (Lipinski definition) is 1. The zero-order chi connectivity index (χ0) is 12.3. The summed E-state index contributed by atoms with van der Waals surface area (Å²) in [6.07, 6.45) is 5.44. The summed E-state index contributed by atoms with van der Waals surface area (Å²) in [4.78, 5) is 4.22. The van der Waals surface area contributed by atoms with Crippen molar-refractivity contribution >= 4 is 0 Å². The van der Waals surface area contributed by atoms with Crippen molar-refractivity contribution in [2.45, 2.75) is 32.9 Å². The highest BCUT2D eigenvalue weighted by Gasteiger charge is 2.01. The van der Waals surface area contributed by atoms with E-state index in [1.807, 2.05) is 10.8 Å². The molecule has 0 aromatic carbocycles. The molecule has 0 amide bonds. The molecule has 0 atom stereocenters. The molecule has 17 heavy (non-hydrogen) atoms. The highest BCUT2D eigenvalue weighted by atomic mass is 16.5. The second-order valence-corrected chi connectivity index (χ2v) is 3.77. The Morgan fingerprint density at radius 1 is 1.53 bits per heavy atom. The van der Waals surface area contributed by atoms with Crippen molar-refractivity contribution in [1.29, 1.82) is 0 Å². The summed E-state index contributed by atoms with van der Waals surface area (Å²) in [6.45, 7) is 9.73. The summed E-state index contributed by atoms with van der Waals surface area (Å²) in [5.74, 6) is 0.984. The number of aromatic nitrogens is 3. The Balaban J connectivity index is 2.09. The van der Waals surface area contributed by atoms with Crippen LogP contribution >= 0.6 is 0 Å². The van der Waals surface area contributed by atoms with E-state index in [4.69, 9.17) is 4.74 Å². The maximum atomic E-state index is 5.39. The topological polar surface area (TPSA) is 52.0 Å². The molecular formula is C12H22N4O. The standard InChI is InChI=1S/C12H22N4O/c1-3-5-8-17-9-6-13-10-12-14-11-15-16(12)7-4-2/h3,11,13H,1,4-10H2,2H3. The molecule has 1 aromatic rings. The van der Waals surface area contributed by atoms with Gasteiger partial charge < -0.3 is 10.1 Å². The third-order valence-electron chi connectivity index (χ3n) is 2.30. The van der Waals surface area contributed by atoms with Crippen molar-refractivity contribution < 1.29 is 4.74 Å². The molecule has 0 saturated heterocycles. The van der Waals surface area contributed by atoms with E-state index in [0.717, 1.165) is 51.5 Å². The van der Waals surface area contributed by atoms with Crippen LogP contribution in [-0.4, -0.2) is 34.5 Å². The predicted molar refractivity (Wildman–Crippen MR) is 67.7 cm³/mol. The van der Waals surface area contributed by atoms with Gasteiger partial charge in [-0.05, 0) is 12.8 Å². The summed E-state index contributed by atoms with van der Waals surface area (Å²) in [6, 6.07) is 0. The molecule has 0 fully saturated rings. The van der Waals surface area contributed by atoms with Gasteiger partial charge in [0.25, 0.3) is 0 Å². The van der Waals surface area contributed by atoms with Crippen molar-refractivity contribution in [2.75, 3.05) is 19.8 Å². The maximum Gasteiger partial charge on any atom is 0.140 e. The zero-order valence-electron chi connectivity index (χ0n) is 10.6. The second-order valence-electron chi connectivity index (χ2n) is 3.77. The summed E-state index contributed by atoms with van der Waals surface area (Å²) in [5.41, 5.74) is 0. The molecule has 0 aliphatic rings. The van der Waals surface area contributed by atoms with Crippen LogP contribution in [-0.2, 0) is 17.8 Å². The largest absolute Gasteiger partial charge is 0.380 e. The van der Waals surface area contributed by atoms with Crippen LogP contribution in [0.25, 0.3) is 0 Å². The Hall–Kier alpha value is -1.20. The van der Waals surface area contributed by atoms with Crippen molar-refractivity contribution in [1.82, 2.24) is 20.1 Å². The fourth-order valence-electron chi connectivity index (χ4n) is 1.44. The van der Waals surface area contributed by atoms with Gasteiger partial charge in [0.15, 0.2) is 0 Å². The number of rotatable bonds is 10. The van der Waals surface area contributed by atoms with E-state index in [1.165, 1.54) is 0 Å². The van der Waals surface area contributed by atoms with Gasteiger partial charge in [-0.25, -0.2) is 9.67 Å². The van der Waals surface area contributed by atoms with Gasteiger partial charge in [-0.2, -0.15) is 5.10 Å². The molecule has 1 N–H and O–H groups in total. The lowest BCUT2D eigenvalue weighted by Gasteiger charge is -2.06. The molecule has 5 heteroatoms. The number of hydrogen-bond acceptors (Lipinski definition) is 4. The molecule has 0 spiro atoms. The SMILES string of the molecule is C=CCCOCCNCc1ncnn1CCC. The first-order valence-corrected chi connectivity index (χ1v) is 6.14. The van der Waals surface area contributed by atoms with E-state index < -0.39 is 0 Å². The Kier molecular flexibility index (Phi) is 7.25. The summed E-state index contributed by atoms with van der Waals surface area (Å²) in [5, 5.41) is 7.46. The lowest BCUT2D eigenvalue weighted by molar-refractivity contribution is 0.140. The van der Waals surface area contributed by atoms with Crippen LogP contribution in [0.2, 0.25) is 0 Å². The number of nitrogens with zero attached hydrogens (tertiary/aromatic N) is 3. The van der Waals surface area contributed by atoms with E-state index in [9.17, 15) is 0 Å². The Bertz CT molecular complexity index is 311. The Labute approximate surface area is 103 Å². The van der Waals surface area contributed by atoms with Gasteiger partial charge in [0.05, 0.1) is 19.8 Å². The first kappa shape index (κ1) is 13.9. The molecule has 0 radical (unpaired) electrons. The highest BCUT2D eigenvalue weighted by Crippen LogP contribution is 1.95. The lowest BCUT2D eigenvalue weighted by atomic mass is 10.4. The summed E-state index contributed by atoms with van der Waals surface area (Å²) >= 11 is 0. The fourth-order valence-corrected chi connectivity index (χ4v) is 1.44. The molecule has 1 rings (SSSR count). The van der Waals surface area contributed by atoms with Gasteiger partial charge in [0.1, 0.15) is 12.2 Å². The van der Waals surface area contributed by atoms with Gasteiger partial charge >= 0.3 is 0 Å². The average molecular weight is 238 g/mol. The van der Waals surface area contributed by atoms with Crippen LogP contribution in [0.5, 0.6) is 0 Å². The van der Waals surface area contributed by atoms with Crippen LogP contribution in [0.1, 0.15) is 25.6 Å². The second kappa shape index (κ2) is 8.90. The van der Waals surface area contributed by atoms with Crippen molar-refractivity contribution in [3.8, 4) is 0 Å². The quantitative estimate of drug-likeness (QED) is 0.494. The molecule has 0 bridgehead atoms. The summed E-state index contributed by atoms with van der Waals surface area (Å²) < 4.78 is 7.33. The number of aryl methyl sites for hydroxylation is 1. The first-order chi connectivity index (χ1) is 8.38. The number of nitrogens with one attached hydrogen (secondary N) is 1. The summed E-state index contributed by atoms with van der Waals surface area (Å²) in [7, 11) is 0. The average Bonchev–Trinajstić information content (AvgIpc) is 2.76. The van der Waals surface area contributed by atoms with Gasteiger partial charge in [0, 0.05) is 13.1 Å².